The lowest BCUT2D eigenvalue weighted by Gasteiger charge is -2.37. The van der Waals surface area contributed by atoms with Gasteiger partial charge in [0, 0.05) is 13.1 Å². The third-order valence-corrected chi connectivity index (χ3v) is 8.41. The summed E-state index contributed by atoms with van der Waals surface area (Å²) < 4.78 is 26.6. The molecule has 3 rings (SSSR count). The van der Waals surface area contributed by atoms with Crippen molar-refractivity contribution in [3.63, 3.8) is 0 Å². The zero-order valence-electron chi connectivity index (χ0n) is 14.7. The number of rotatable bonds is 3. The number of carbonyl (C=O) groups is 2. The molecule has 1 atom stereocenters. The number of halogens is 4. The largest absolute Gasteiger partial charge is 0.463 e. The van der Waals surface area contributed by atoms with Gasteiger partial charge in [-0.2, -0.15) is 4.67 Å². The Morgan fingerprint density at radius 3 is 2.07 bits per heavy atom. The number of nitrogens with zero attached hydrogens (tertiary/aromatic N) is 1. The van der Waals surface area contributed by atoms with Crippen LogP contribution in [0.25, 0.3) is 0 Å². The van der Waals surface area contributed by atoms with Crippen molar-refractivity contribution in [2.75, 3.05) is 13.1 Å². The van der Waals surface area contributed by atoms with Gasteiger partial charge in [0.05, 0.1) is 15.6 Å². The van der Waals surface area contributed by atoms with Crippen LogP contribution in [0.5, 0.6) is 5.75 Å². The highest BCUT2D eigenvalue weighted by atomic mass is 35.5. The summed E-state index contributed by atoms with van der Waals surface area (Å²) >= 11 is 24.7. The number of allylic oxidation sites excluding steroid dienone is 2. The lowest BCUT2D eigenvalue weighted by atomic mass is 9.87. The van der Waals surface area contributed by atoms with Crippen molar-refractivity contribution < 1.29 is 23.2 Å². The third-order valence-electron chi connectivity index (χ3n) is 4.40. The van der Waals surface area contributed by atoms with E-state index >= 15 is 0 Å². The third kappa shape index (κ3) is 3.07. The molecule has 0 bridgehead atoms. The molecule has 6 nitrogen and oxygen atoms in total. The molecule has 11 heteroatoms. The fourth-order valence-electron chi connectivity index (χ4n) is 2.95. The van der Waals surface area contributed by atoms with Gasteiger partial charge in [0.25, 0.3) is 0 Å². The maximum absolute atomic E-state index is 13.8. The highest BCUT2D eigenvalue weighted by Gasteiger charge is 2.60. The van der Waals surface area contributed by atoms with E-state index in [2.05, 4.69) is 0 Å². The molecular formula is C17H14Cl4NO5P. The zero-order valence-corrected chi connectivity index (χ0v) is 18.6. The van der Waals surface area contributed by atoms with Gasteiger partial charge in [-0.05, 0) is 12.1 Å². The van der Waals surface area contributed by atoms with Crippen LogP contribution in [0.4, 0.5) is 0 Å². The second kappa shape index (κ2) is 7.77. The van der Waals surface area contributed by atoms with E-state index in [4.69, 9.17) is 55.5 Å². The molecule has 0 saturated carbocycles. The Labute approximate surface area is 181 Å². The highest BCUT2D eigenvalue weighted by Crippen LogP contribution is 2.63. The molecule has 2 aliphatic rings. The average molecular weight is 485 g/mol. The normalized spacial score (nSPS) is 24.5. The Morgan fingerprint density at radius 2 is 1.54 bits per heavy atom. The van der Waals surface area contributed by atoms with Crippen LogP contribution < -0.4 is 4.52 Å². The number of hydrogen-bond donors (Lipinski definition) is 0. The van der Waals surface area contributed by atoms with E-state index in [1.54, 1.807) is 26.0 Å². The Bertz CT molecular complexity index is 958. The minimum absolute atomic E-state index is 0.00645. The Morgan fingerprint density at radius 1 is 1.00 bits per heavy atom. The summed E-state index contributed by atoms with van der Waals surface area (Å²) in [6, 6.07) is 6.09. The zero-order chi connectivity index (χ0) is 20.9. The molecule has 0 amide bonds. The van der Waals surface area contributed by atoms with Crippen LogP contribution >= 0.6 is 54.2 Å². The van der Waals surface area contributed by atoms with Gasteiger partial charge >= 0.3 is 7.75 Å². The van der Waals surface area contributed by atoms with Crippen molar-refractivity contribution in [3.05, 3.63) is 50.0 Å². The van der Waals surface area contributed by atoms with Crippen molar-refractivity contribution in [3.8, 4) is 5.75 Å². The minimum atomic E-state index is -4.17. The molecular weight excluding hydrogens is 471 g/mol. The van der Waals surface area contributed by atoms with Crippen molar-refractivity contribution in [1.29, 1.82) is 0 Å². The number of para-hydroxylation sites is 1. The molecule has 0 saturated heterocycles. The highest BCUT2D eigenvalue weighted by molar-refractivity contribution is 7.51. The summed E-state index contributed by atoms with van der Waals surface area (Å²) in [6.45, 7) is 4.01. The fourth-order valence-corrected chi connectivity index (χ4v) is 6.20. The van der Waals surface area contributed by atoms with Crippen molar-refractivity contribution in [1.82, 2.24) is 4.67 Å². The number of ketones is 2. The van der Waals surface area contributed by atoms with Gasteiger partial charge in [-0.3, -0.25) is 14.1 Å². The molecule has 1 aromatic rings. The van der Waals surface area contributed by atoms with Gasteiger partial charge in [-0.1, -0.05) is 72.4 Å². The molecule has 1 spiro atoms. The van der Waals surface area contributed by atoms with Crippen LogP contribution in [0.1, 0.15) is 24.2 Å². The summed E-state index contributed by atoms with van der Waals surface area (Å²) in [4.78, 5) is 25.7. The Balaban J connectivity index is 2.39. The minimum Gasteiger partial charge on any atom is -0.412 e. The molecule has 0 radical (unpaired) electrons. The lowest BCUT2D eigenvalue weighted by molar-refractivity contribution is -0.111. The van der Waals surface area contributed by atoms with Gasteiger partial charge in [0.1, 0.15) is 15.8 Å². The van der Waals surface area contributed by atoms with Crippen LogP contribution in [-0.4, -0.2) is 34.9 Å². The number of Topliss-reactive ketones (excluding diaryl/α,β-unsaturated/α-hetero) is 2. The Hall–Kier alpha value is -0.850. The topological polar surface area (TPSA) is 72.9 Å². The molecule has 0 aromatic heterocycles. The molecule has 0 fully saturated rings. The van der Waals surface area contributed by atoms with E-state index in [-0.39, 0.29) is 24.4 Å². The van der Waals surface area contributed by atoms with E-state index in [1.165, 1.54) is 16.8 Å². The van der Waals surface area contributed by atoms with Crippen molar-refractivity contribution in [2.24, 2.45) is 0 Å². The first-order chi connectivity index (χ1) is 13.1. The van der Waals surface area contributed by atoms with E-state index in [0.29, 0.717) is 0 Å². The predicted octanol–water partition coefficient (Wildman–Crippen LogP) is 5.43. The monoisotopic (exact) mass is 483 g/mol. The maximum Gasteiger partial charge on any atom is 0.463 e. The quantitative estimate of drug-likeness (QED) is 0.533. The predicted molar refractivity (Wildman–Crippen MR) is 108 cm³/mol. The first kappa shape index (κ1) is 21.8. The molecule has 150 valence electrons. The van der Waals surface area contributed by atoms with Gasteiger partial charge in [0.15, 0.2) is 0 Å². The second-order valence-electron chi connectivity index (χ2n) is 5.88. The number of fused-ring (bicyclic) bond motifs is 1. The number of carbonyl (C=O) groups excluding carboxylic acids is 2. The van der Waals surface area contributed by atoms with E-state index in [1.807, 2.05) is 0 Å². The molecule has 1 aliphatic carbocycles. The van der Waals surface area contributed by atoms with E-state index in [9.17, 15) is 14.2 Å². The van der Waals surface area contributed by atoms with Crippen LogP contribution in [0.3, 0.4) is 0 Å². The first-order valence-corrected chi connectivity index (χ1v) is 11.2. The van der Waals surface area contributed by atoms with Gasteiger partial charge in [-0.15, -0.1) is 0 Å². The van der Waals surface area contributed by atoms with Gasteiger partial charge in [0.2, 0.25) is 17.2 Å². The molecule has 28 heavy (non-hydrogen) atoms. The van der Waals surface area contributed by atoms with Crippen LogP contribution in [-0.2, 0) is 13.9 Å². The number of hydrogen-bond acceptors (Lipinski definition) is 5. The second-order valence-corrected chi connectivity index (χ2v) is 9.26. The molecule has 1 unspecified atom stereocenters. The van der Waals surface area contributed by atoms with E-state index in [0.717, 1.165) is 0 Å². The van der Waals surface area contributed by atoms with Gasteiger partial charge in [-0.25, -0.2) is 4.57 Å². The molecule has 1 aliphatic heterocycles. The van der Waals surface area contributed by atoms with E-state index < -0.39 is 45.0 Å². The van der Waals surface area contributed by atoms with Crippen LogP contribution in [0.2, 0.25) is 0 Å². The Kier molecular flexibility index (Phi) is 6.06. The first-order valence-electron chi connectivity index (χ1n) is 8.19. The molecule has 1 heterocycles. The van der Waals surface area contributed by atoms with Gasteiger partial charge < -0.3 is 4.52 Å². The smallest absolute Gasteiger partial charge is 0.412 e. The average Bonchev–Trinajstić information content (AvgIpc) is 2.78. The lowest BCUT2D eigenvalue weighted by Crippen LogP contribution is -2.46. The summed E-state index contributed by atoms with van der Waals surface area (Å²) in [7, 11) is -4.17. The maximum atomic E-state index is 13.8. The molecule has 1 aromatic carbocycles. The number of benzene rings is 1. The van der Waals surface area contributed by atoms with Crippen LogP contribution in [0, 0.1) is 0 Å². The van der Waals surface area contributed by atoms with Crippen molar-refractivity contribution in [2.45, 2.75) is 19.4 Å². The summed E-state index contributed by atoms with van der Waals surface area (Å²) in [5, 5.41) is -2.14. The van der Waals surface area contributed by atoms with Crippen molar-refractivity contribution >= 4 is 65.7 Å². The standard InChI is InChI=1S/C17H14Cl4NO5P/c1-3-22(4-2)28(25)26-10-8-6-5-7-9(10)16(24)17(27-28)14(20)11(18)13(23)12(19)15(17)21/h5-8H,3-4H2,1-2H3. The fraction of sp³-hybridized carbons (Fsp3) is 0.294. The summed E-state index contributed by atoms with van der Waals surface area (Å²) in [5.74, 6) is -1.64. The van der Waals surface area contributed by atoms with Crippen LogP contribution in [0.15, 0.2) is 44.4 Å². The summed E-state index contributed by atoms with van der Waals surface area (Å²) in [6.07, 6.45) is 0. The molecule has 0 N–H and O–H groups in total. The SMILES string of the molecule is CCN(CC)P1(=O)Oc2ccccc2C(=O)C2(O1)C(Cl)=C(Cl)C(=O)C(Cl)=C2Cl. The summed E-state index contributed by atoms with van der Waals surface area (Å²) in [5.41, 5.74) is -2.36.